The minimum Gasteiger partial charge on any atom is -0.489 e. The number of carbonyl (C=O) groups is 1. The molecule has 9 nitrogen and oxygen atoms in total. The molecule has 0 saturated carbocycles. The summed E-state index contributed by atoms with van der Waals surface area (Å²) in [6, 6.07) is 10.3. The number of aromatic nitrogens is 3. The van der Waals surface area contributed by atoms with Crippen LogP contribution in [0.4, 0.5) is 36.6 Å². The minimum absolute atomic E-state index is 0.164. The maximum atomic E-state index is 13.9. The summed E-state index contributed by atoms with van der Waals surface area (Å²) in [7, 11) is 0. The Kier molecular flexibility index (Phi) is 7.69. The third-order valence-electron chi connectivity index (χ3n) is 7.35. The van der Waals surface area contributed by atoms with E-state index in [2.05, 4.69) is 30.5 Å². The second kappa shape index (κ2) is 11.7. The zero-order chi connectivity index (χ0) is 28.3. The fourth-order valence-electron chi connectivity index (χ4n) is 5.14. The molecule has 0 radical (unpaired) electrons. The van der Waals surface area contributed by atoms with Gasteiger partial charge in [0.05, 0.1) is 16.7 Å². The number of benzene rings is 2. The molecule has 2 saturated heterocycles. The lowest BCUT2D eigenvalue weighted by molar-refractivity contribution is 0.115. The number of nitrogens with one attached hydrogen (secondary N) is 2. The number of hydrogen-bond donors (Lipinski definition) is 2. The highest BCUT2D eigenvalue weighted by atomic mass is 35.5. The smallest absolute Gasteiger partial charge is 0.322 e. The van der Waals surface area contributed by atoms with Gasteiger partial charge in [0.25, 0.3) is 0 Å². The van der Waals surface area contributed by atoms with Crippen LogP contribution in [0.2, 0.25) is 5.02 Å². The van der Waals surface area contributed by atoms with Gasteiger partial charge in [0.1, 0.15) is 47.1 Å². The molecule has 41 heavy (non-hydrogen) atoms. The van der Waals surface area contributed by atoms with Crippen molar-refractivity contribution in [3.8, 4) is 5.75 Å². The number of amides is 2. The molecule has 2 aliphatic rings. The van der Waals surface area contributed by atoms with E-state index in [0.717, 1.165) is 60.5 Å². The fraction of sp³-hybridized carbons (Fsp3) is 0.310. The lowest BCUT2D eigenvalue weighted by Crippen LogP contribution is -2.44. The van der Waals surface area contributed by atoms with E-state index in [0.29, 0.717) is 42.5 Å². The Morgan fingerprint density at radius 1 is 0.976 bits per heavy atom. The number of para-hydroxylation sites is 1. The van der Waals surface area contributed by atoms with Crippen molar-refractivity contribution < 1.29 is 18.3 Å². The molecule has 12 heteroatoms. The summed E-state index contributed by atoms with van der Waals surface area (Å²) >= 11 is 6.58. The summed E-state index contributed by atoms with van der Waals surface area (Å²) in [5, 5.41) is 6.97. The van der Waals surface area contributed by atoms with Crippen LogP contribution in [0.15, 0.2) is 55.0 Å². The predicted octanol–water partition coefficient (Wildman–Crippen LogP) is 6.38. The van der Waals surface area contributed by atoms with Crippen LogP contribution in [0, 0.1) is 11.6 Å². The van der Waals surface area contributed by atoms with Crippen LogP contribution < -0.4 is 20.3 Å². The monoisotopic (exact) mass is 579 g/mol. The summed E-state index contributed by atoms with van der Waals surface area (Å²) in [6.07, 6.45) is 6.52. The van der Waals surface area contributed by atoms with E-state index in [-0.39, 0.29) is 6.10 Å². The number of urea groups is 1. The van der Waals surface area contributed by atoms with Crippen molar-refractivity contribution in [3.63, 3.8) is 0 Å². The molecule has 2 aliphatic heterocycles. The van der Waals surface area contributed by atoms with Gasteiger partial charge in [-0.25, -0.2) is 28.5 Å². The van der Waals surface area contributed by atoms with Gasteiger partial charge in [-0.15, -0.1) is 0 Å². The normalized spacial score (nSPS) is 15.8. The van der Waals surface area contributed by atoms with Gasteiger partial charge in [-0.1, -0.05) is 17.7 Å². The predicted molar refractivity (Wildman–Crippen MR) is 154 cm³/mol. The average molecular weight is 580 g/mol. The van der Waals surface area contributed by atoms with Gasteiger partial charge in [0.15, 0.2) is 0 Å². The molecule has 2 amide bonds. The molecule has 0 aliphatic carbocycles. The van der Waals surface area contributed by atoms with Gasteiger partial charge in [-0.2, -0.15) is 0 Å². The van der Waals surface area contributed by atoms with Crippen LogP contribution >= 0.6 is 11.6 Å². The maximum absolute atomic E-state index is 13.9. The first-order chi connectivity index (χ1) is 19.9. The first-order valence-corrected chi connectivity index (χ1v) is 13.9. The molecule has 2 aromatic carbocycles. The van der Waals surface area contributed by atoms with Crippen molar-refractivity contribution >= 4 is 51.5 Å². The highest BCUT2D eigenvalue weighted by Crippen LogP contribution is 2.33. The third kappa shape index (κ3) is 5.95. The van der Waals surface area contributed by atoms with E-state index in [1.54, 1.807) is 18.3 Å². The summed E-state index contributed by atoms with van der Waals surface area (Å²) in [4.78, 5) is 29.7. The lowest BCUT2D eigenvalue weighted by Gasteiger charge is -2.32. The van der Waals surface area contributed by atoms with Crippen molar-refractivity contribution in [2.75, 3.05) is 41.7 Å². The van der Waals surface area contributed by atoms with E-state index in [9.17, 15) is 13.6 Å². The maximum Gasteiger partial charge on any atom is 0.322 e. The quantitative estimate of drug-likeness (QED) is 0.274. The van der Waals surface area contributed by atoms with Crippen LogP contribution in [0.25, 0.3) is 10.9 Å². The van der Waals surface area contributed by atoms with E-state index in [1.165, 1.54) is 17.3 Å². The largest absolute Gasteiger partial charge is 0.489 e. The molecule has 0 atom stereocenters. The molecule has 4 heterocycles. The molecule has 4 aromatic rings. The number of piperidine rings is 1. The Hall–Kier alpha value is -4.25. The first-order valence-electron chi connectivity index (χ1n) is 13.5. The van der Waals surface area contributed by atoms with Crippen LogP contribution in [0.3, 0.4) is 0 Å². The molecule has 2 aromatic heterocycles. The second-order valence-electron chi connectivity index (χ2n) is 10.1. The third-order valence-corrected chi connectivity index (χ3v) is 7.64. The number of ether oxygens (including phenoxy) is 1. The van der Waals surface area contributed by atoms with Crippen LogP contribution in [-0.2, 0) is 0 Å². The highest BCUT2D eigenvalue weighted by molar-refractivity contribution is 6.32. The molecule has 212 valence electrons. The van der Waals surface area contributed by atoms with Crippen molar-refractivity contribution in [3.05, 3.63) is 71.6 Å². The Bertz CT molecular complexity index is 1560. The molecular weight excluding hydrogens is 552 g/mol. The Balaban J connectivity index is 1.08. The number of halogens is 3. The van der Waals surface area contributed by atoms with E-state index >= 15 is 0 Å². The molecule has 2 fully saturated rings. The van der Waals surface area contributed by atoms with E-state index in [1.807, 2.05) is 12.1 Å². The topological polar surface area (TPSA) is 95.5 Å². The number of carbonyl (C=O) groups excluding carboxylic acids is 1. The van der Waals surface area contributed by atoms with Crippen LogP contribution in [0.5, 0.6) is 5.75 Å². The van der Waals surface area contributed by atoms with E-state index < -0.39 is 23.4 Å². The van der Waals surface area contributed by atoms with Crippen molar-refractivity contribution in [1.29, 1.82) is 0 Å². The molecule has 0 spiro atoms. The molecule has 0 bridgehead atoms. The lowest BCUT2D eigenvalue weighted by atomic mass is 10.1. The minimum atomic E-state index is -0.819. The Morgan fingerprint density at radius 3 is 2.46 bits per heavy atom. The summed E-state index contributed by atoms with van der Waals surface area (Å²) < 4.78 is 33.9. The zero-order valence-electron chi connectivity index (χ0n) is 22.1. The van der Waals surface area contributed by atoms with E-state index in [4.69, 9.17) is 16.3 Å². The van der Waals surface area contributed by atoms with Crippen LogP contribution in [0.1, 0.15) is 25.7 Å². The van der Waals surface area contributed by atoms with Gasteiger partial charge in [0, 0.05) is 50.1 Å². The fourth-order valence-corrected chi connectivity index (χ4v) is 5.36. The molecule has 2 N–H and O–H groups in total. The van der Waals surface area contributed by atoms with Crippen LogP contribution in [-0.4, -0.2) is 58.2 Å². The number of nitrogens with zero attached hydrogens (tertiary/aromatic N) is 5. The summed E-state index contributed by atoms with van der Waals surface area (Å²) in [6.45, 7) is 2.73. The Morgan fingerprint density at radius 2 is 1.73 bits per heavy atom. The first kappa shape index (κ1) is 26.9. The van der Waals surface area contributed by atoms with Gasteiger partial charge in [-0.3, -0.25) is 0 Å². The van der Waals surface area contributed by atoms with Crippen molar-refractivity contribution in [2.45, 2.75) is 31.8 Å². The molecule has 6 rings (SSSR count). The zero-order valence-corrected chi connectivity index (χ0v) is 22.9. The number of hydrogen-bond acceptors (Lipinski definition) is 7. The number of rotatable bonds is 6. The standard InChI is InChI=1S/C29H28ClF2N7O2/c30-21-14-18(36-28-20-15-26(38-10-1-2-11-38)33-16-24(20)34-17-35-28)6-7-25(21)41-19-8-12-39(13-9-19)29(40)37-27-22(31)4-3-5-23(27)32/h3-7,14-17,19H,1-2,8-13H2,(H,37,40)(H,34,35,36). The van der Waals surface area contributed by atoms with Gasteiger partial charge in [-0.05, 0) is 49.2 Å². The second-order valence-corrected chi connectivity index (χ2v) is 10.5. The average Bonchev–Trinajstić information content (AvgIpc) is 3.52. The number of anilines is 4. The van der Waals surface area contributed by atoms with Crippen molar-refractivity contribution in [1.82, 2.24) is 19.9 Å². The summed E-state index contributed by atoms with van der Waals surface area (Å²) in [5.74, 6) is 0.462. The summed E-state index contributed by atoms with van der Waals surface area (Å²) in [5.41, 5.74) is 1.04. The molecule has 0 unspecified atom stereocenters. The Labute approximate surface area is 240 Å². The number of likely N-dealkylation sites (tertiary alicyclic amines) is 1. The SMILES string of the molecule is O=C(Nc1c(F)cccc1F)N1CCC(Oc2ccc(Nc3ncnc4cnc(N5CCCC5)cc34)cc2Cl)CC1. The van der Waals surface area contributed by atoms with Gasteiger partial charge >= 0.3 is 6.03 Å². The van der Waals surface area contributed by atoms with Gasteiger partial charge < -0.3 is 25.2 Å². The highest BCUT2D eigenvalue weighted by Gasteiger charge is 2.26. The molecular formula is C29H28ClF2N7O2. The number of fused-ring (bicyclic) bond motifs is 1. The van der Waals surface area contributed by atoms with Gasteiger partial charge in [0.2, 0.25) is 0 Å². The number of pyridine rings is 1. The van der Waals surface area contributed by atoms with Crippen molar-refractivity contribution in [2.24, 2.45) is 0 Å².